The van der Waals surface area contributed by atoms with Crippen LogP contribution in [-0.4, -0.2) is 32.1 Å². The van der Waals surface area contributed by atoms with Crippen molar-refractivity contribution in [3.8, 4) is 23.0 Å². The lowest BCUT2D eigenvalue weighted by molar-refractivity contribution is -0.140. The Bertz CT molecular complexity index is 1260. The first-order valence-electron chi connectivity index (χ1n) is 10.2. The average Bonchev–Trinajstić information content (AvgIpc) is 3.32. The molecule has 0 saturated heterocycles. The molecule has 3 aromatic rings. The van der Waals surface area contributed by atoms with E-state index in [1.807, 2.05) is 12.1 Å². The zero-order valence-electron chi connectivity index (χ0n) is 18.3. The summed E-state index contributed by atoms with van der Waals surface area (Å²) in [6.45, 7) is 0.0224. The van der Waals surface area contributed by atoms with Crippen LogP contribution in [0.4, 0.5) is 0 Å². The molecule has 1 aliphatic heterocycles. The molecule has 2 heterocycles. The molecule has 0 amide bonds. The number of carbonyl (C=O) groups is 1. The van der Waals surface area contributed by atoms with Crippen molar-refractivity contribution in [2.24, 2.45) is 0 Å². The van der Waals surface area contributed by atoms with Crippen LogP contribution in [0.3, 0.4) is 0 Å². The third-order valence-electron chi connectivity index (χ3n) is 5.19. The van der Waals surface area contributed by atoms with Gasteiger partial charge < -0.3 is 28.5 Å². The number of aromatic hydroxyl groups is 1. The Balaban J connectivity index is 1.73. The lowest BCUT2D eigenvalue weighted by Crippen LogP contribution is -2.14. The summed E-state index contributed by atoms with van der Waals surface area (Å²) in [5.41, 5.74) is -0.0945. The van der Waals surface area contributed by atoms with Crippen LogP contribution < -0.4 is 19.6 Å². The number of esters is 1. The lowest BCUT2D eigenvalue weighted by Gasteiger charge is -2.19. The SMILES string of the molecule is COC(=O)C[C@H](c1cc(OC)c2c(c1)OCO2)c1oc(CSc2ccc(Cl)cc2)cc(=O)c1O. The van der Waals surface area contributed by atoms with E-state index in [9.17, 15) is 14.7 Å². The minimum atomic E-state index is -0.843. The molecule has 34 heavy (non-hydrogen) atoms. The highest BCUT2D eigenvalue weighted by Crippen LogP contribution is 2.45. The molecule has 2 aromatic carbocycles. The van der Waals surface area contributed by atoms with Crippen molar-refractivity contribution in [3.63, 3.8) is 0 Å². The number of halogens is 1. The summed E-state index contributed by atoms with van der Waals surface area (Å²) in [6, 6.07) is 11.8. The van der Waals surface area contributed by atoms with Crippen LogP contribution in [0.15, 0.2) is 56.6 Å². The van der Waals surface area contributed by atoms with Gasteiger partial charge in [-0.1, -0.05) is 11.6 Å². The number of carbonyl (C=O) groups excluding carboxylic acids is 1. The molecule has 0 fully saturated rings. The quantitative estimate of drug-likeness (QED) is 0.344. The zero-order valence-corrected chi connectivity index (χ0v) is 19.9. The number of methoxy groups -OCH3 is 2. The topological polar surface area (TPSA) is 104 Å². The van der Waals surface area contributed by atoms with E-state index in [1.165, 1.54) is 32.0 Å². The van der Waals surface area contributed by atoms with Crippen LogP contribution in [0.1, 0.15) is 29.4 Å². The van der Waals surface area contributed by atoms with Gasteiger partial charge in [0, 0.05) is 16.0 Å². The monoisotopic (exact) mass is 504 g/mol. The van der Waals surface area contributed by atoms with Crippen molar-refractivity contribution in [2.45, 2.75) is 23.0 Å². The van der Waals surface area contributed by atoms with Gasteiger partial charge >= 0.3 is 5.97 Å². The normalized spacial score (nSPS) is 12.9. The maximum atomic E-state index is 12.6. The molecule has 0 bridgehead atoms. The highest BCUT2D eigenvalue weighted by Gasteiger charge is 2.30. The second kappa shape index (κ2) is 10.3. The van der Waals surface area contributed by atoms with E-state index in [-0.39, 0.29) is 19.0 Å². The van der Waals surface area contributed by atoms with Crippen LogP contribution in [0.25, 0.3) is 0 Å². The zero-order chi connectivity index (χ0) is 24.2. The molecule has 8 nitrogen and oxygen atoms in total. The first-order valence-corrected chi connectivity index (χ1v) is 11.5. The fourth-order valence-electron chi connectivity index (χ4n) is 3.51. The Kier molecular flexibility index (Phi) is 7.23. The average molecular weight is 505 g/mol. The predicted octanol–water partition coefficient (Wildman–Crippen LogP) is 4.72. The fraction of sp³-hybridized carbons (Fsp3) is 0.250. The van der Waals surface area contributed by atoms with E-state index in [4.69, 9.17) is 35.0 Å². The van der Waals surface area contributed by atoms with Crippen molar-refractivity contribution in [1.82, 2.24) is 0 Å². The molecule has 0 aliphatic carbocycles. The second-order valence-corrected chi connectivity index (χ2v) is 8.81. The van der Waals surface area contributed by atoms with E-state index in [0.717, 1.165) is 4.90 Å². The van der Waals surface area contributed by atoms with Crippen molar-refractivity contribution in [1.29, 1.82) is 0 Å². The molecule has 1 atom stereocenters. The lowest BCUT2D eigenvalue weighted by atomic mass is 9.91. The summed E-state index contributed by atoms with van der Waals surface area (Å²) < 4.78 is 27.1. The van der Waals surface area contributed by atoms with E-state index in [2.05, 4.69) is 0 Å². The van der Waals surface area contributed by atoms with E-state index in [1.54, 1.807) is 24.3 Å². The number of hydrogen-bond acceptors (Lipinski definition) is 9. The van der Waals surface area contributed by atoms with Gasteiger partial charge in [-0.25, -0.2) is 0 Å². The van der Waals surface area contributed by atoms with Gasteiger partial charge in [0.05, 0.1) is 32.3 Å². The number of rotatable bonds is 8. The maximum absolute atomic E-state index is 12.6. The summed E-state index contributed by atoms with van der Waals surface area (Å²) in [5.74, 6) is -0.136. The number of ether oxygens (including phenoxy) is 4. The molecular weight excluding hydrogens is 484 g/mol. The number of fused-ring (bicyclic) bond motifs is 1. The molecule has 0 radical (unpaired) electrons. The fourth-order valence-corrected chi connectivity index (χ4v) is 4.42. The van der Waals surface area contributed by atoms with Gasteiger partial charge in [-0.3, -0.25) is 9.59 Å². The molecule has 0 spiro atoms. The predicted molar refractivity (Wildman–Crippen MR) is 125 cm³/mol. The largest absolute Gasteiger partial charge is 0.502 e. The van der Waals surface area contributed by atoms with Gasteiger partial charge in [0.1, 0.15) is 5.76 Å². The summed E-state index contributed by atoms with van der Waals surface area (Å²) in [6.07, 6.45) is -0.191. The van der Waals surface area contributed by atoms with Crippen LogP contribution in [0, 0.1) is 0 Å². The van der Waals surface area contributed by atoms with Crippen LogP contribution in [-0.2, 0) is 15.3 Å². The standard InChI is InChI=1S/C24H21ClO8S/c1-29-19-7-13(8-20-24(19)32-12-31-20)17(10-21(27)30-2)23-22(28)18(26)9-15(33-23)11-34-16-5-3-14(25)4-6-16/h3-9,17,28H,10-12H2,1-2H3/t17-/m1/s1. The molecule has 4 rings (SSSR count). The number of benzene rings is 2. The highest BCUT2D eigenvalue weighted by molar-refractivity contribution is 7.98. The summed E-state index contributed by atoms with van der Waals surface area (Å²) in [7, 11) is 2.73. The van der Waals surface area contributed by atoms with E-state index < -0.39 is 23.1 Å². The summed E-state index contributed by atoms with van der Waals surface area (Å²) in [5, 5.41) is 11.2. The number of hydrogen-bond donors (Lipinski definition) is 1. The van der Waals surface area contributed by atoms with Gasteiger partial charge in [-0.2, -0.15) is 0 Å². The van der Waals surface area contributed by atoms with E-state index in [0.29, 0.717) is 39.3 Å². The smallest absolute Gasteiger partial charge is 0.306 e. The van der Waals surface area contributed by atoms with Gasteiger partial charge in [0.25, 0.3) is 0 Å². The van der Waals surface area contributed by atoms with Crippen molar-refractivity contribution in [3.05, 3.63) is 74.8 Å². The molecule has 10 heteroatoms. The van der Waals surface area contributed by atoms with Crippen LogP contribution >= 0.6 is 23.4 Å². The van der Waals surface area contributed by atoms with E-state index >= 15 is 0 Å². The molecule has 178 valence electrons. The highest BCUT2D eigenvalue weighted by atomic mass is 35.5. The summed E-state index contributed by atoms with van der Waals surface area (Å²) >= 11 is 7.36. The molecular formula is C24H21ClO8S. The third kappa shape index (κ3) is 5.10. The number of thioether (sulfide) groups is 1. The van der Waals surface area contributed by atoms with Gasteiger partial charge in [0.2, 0.25) is 23.7 Å². The van der Waals surface area contributed by atoms with Crippen LogP contribution in [0.2, 0.25) is 5.02 Å². The summed E-state index contributed by atoms with van der Waals surface area (Å²) in [4.78, 5) is 25.8. The molecule has 0 unspecified atom stereocenters. The van der Waals surface area contributed by atoms with Crippen molar-refractivity contribution in [2.75, 3.05) is 21.0 Å². The van der Waals surface area contributed by atoms with Crippen LogP contribution in [0.5, 0.6) is 23.0 Å². The molecule has 1 aromatic heterocycles. The first kappa shape index (κ1) is 23.8. The Morgan fingerprint density at radius 3 is 2.65 bits per heavy atom. The minimum absolute atomic E-state index is 0.0224. The van der Waals surface area contributed by atoms with Crippen molar-refractivity contribution >= 4 is 29.3 Å². The minimum Gasteiger partial charge on any atom is -0.502 e. The Labute approximate surface area is 204 Å². The molecule has 1 aliphatic rings. The Morgan fingerprint density at radius 1 is 1.18 bits per heavy atom. The maximum Gasteiger partial charge on any atom is 0.306 e. The third-order valence-corrected chi connectivity index (χ3v) is 6.48. The molecule has 0 saturated carbocycles. The Hall–Kier alpha value is -3.30. The van der Waals surface area contributed by atoms with Crippen molar-refractivity contribution < 1.29 is 33.3 Å². The Morgan fingerprint density at radius 2 is 1.94 bits per heavy atom. The second-order valence-electron chi connectivity index (χ2n) is 7.32. The molecule has 1 N–H and O–H groups in total. The van der Waals surface area contributed by atoms with Gasteiger partial charge in [0.15, 0.2) is 17.3 Å². The first-order chi connectivity index (χ1) is 16.4. The van der Waals surface area contributed by atoms with Gasteiger partial charge in [-0.05, 0) is 42.0 Å². The van der Waals surface area contributed by atoms with Gasteiger partial charge in [-0.15, -0.1) is 11.8 Å².